The average Bonchev–Trinajstić information content (AvgIpc) is 3.54. The highest BCUT2D eigenvalue weighted by atomic mass is 16.5. The van der Waals surface area contributed by atoms with Crippen LogP contribution >= 0.6 is 0 Å². The van der Waals surface area contributed by atoms with Gasteiger partial charge in [0.2, 0.25) is 11.8 Å². The van der Waals surface area contributed by atoms with Crippen molar-refractivity contribution in [3.8, 4) is 22.6 Å². The van der Waals surface area contributed by atoms with Crippen LogP contribution in [-0.2, 0) is 29.7 Å². The first-order valence-electron chi connectivity index (χ1n) is 20.5. The first-order chi connectivity index (χ1) is 28.0. The van der Waals surface area contributed by atoms with E-state index in [-0.39, 0.29) is 29.7 Å². The summed E-state index contributed by atoms with van der Waals surface area (Å²) in [5, 5.41) is 3.63. The molecule has 7 heterocycles. The Morgan fingerprint density at radius 1 is 0.879 bits per heavy atom. The van der Waals surface area contributed by atoms with Gasteiger partial charge in [-0.05, 0) is 106 Å². The number of nitrogens with one attached hydrogen (secondary N) is 1. The van der Waals surface area contributed by atoms with Crippen molar-refractivity contribution in [3.05, 3.63) is 75.8 Å². The molecule has 3 N–H and O–H groups in total. The van der Waals surface area contributed by atoms with Gasteiger partial charge in [0, 0.05) is 86.2 Å². The van der Waals surface area contributed by atoms with Crippen LogP contribution in [0.15, 0.2) is 53.6 Å². The summed E-state index contributed by atoms with van der Waals surface area (Å²) in [5.41, 5.74) is 11.7. The molecule has 4 fully saturated rings. The van der Waals surface area contributed by atoms with E-state index in [2.05, 4.69) is 31.1 Å². The zero-order chi connectivity index (χ0) is 40.3. The summed E-state index contributed by atoms with van der Waals surface area (Å²) in [7, 11) is 5.12. The fraction of sp³-hybridized carbons (Fsp3) is 0.477. The maximum Gasteiger partial charge on any atom is 0.259 e. The second-order valence-electron chi connectivity index (χ2n) is 17.1. The van der Waals surface area contributed by atoms with Gasteiger partial charge in [-0.1, -0.05) is 6.07 Å². The number of benzene rings is 2. The molecule has 5 aliphatic heterocycles. The van der Waals surface area contributed by atoms with Crippen molar-refractivity contribution in [2.45, 2.75) is 57.7 Å². The Bertz CT molecular complexity index is 2330. The summed E-state index contributed by atoms with van der Waals surface area (Å²) < 4.78 is 13.5. The molecule has 4 aromatic rings. The van der Waals surface area contributed by atoms with E-state index in [1.165, 1.54) is 19.0 Å². The summed E-state index contributed by atoms with van der Waals surface area (Å²) in [6, 6.07) is 11.4. The van der Waals surface area contributed by atoms with Crippen molar-refractivity contribution in [3.63, 3.8) is 0 Å². The quantitative estimate of drug-likeness (QED) is 0.238. The lowest BCUT2D eigenvalue weighted by Gasteiger charge is -2.55. The zero-order valence-corrected chi connectivity index (χ0v) is 33.6. The Balaban J connectivity index is 0.770. The minimum absolute atomic E-state index is 0.118. The normalized spacial score (nSPS) is 21.4. The van der Waals surface area contributed by atoms with Crippen LogP contribution in [0.5, 0.6) is 11.5 Å². The summed E-state index contributed by atoms with van der Waals surface area (Å²) in [6.45, 7) is 8.54. The second-order valence-corrected chi connectivity index (χ2v) is 17.1. The van der Waals surface area contributed by atoms with E-state index >= 15 is 0 Å². The first kappa shape index (κ1) is 38.1. The molecular formula is C44H52N8O6. The van der Waals surface area contributed by atoms with Crippen molar-refractivity contribution < 1.29 is 23.9 Å². The predicted molar refractivity (Wildman–Crippen MR) is 221 cm³/mol. The minimum Gasteiger partial charge on any atom is -0.496 e. The number of aromatic nitrogens is 2. The van der Waals surface area contributed by atoms with Crippen molar-refractivity contribution in [2.75, 3.05) is 70.7 Å². The lowest BCUT2D eigenvalue weighted by molar-refractivity contribution is -0.136. The van der Waals surface area contributed by atoms with E-state index < -0.39 is 6.04 Å². The van der Waals surface area contributed by atoms with Gasteiger partial charge in [0.25, 0.3) is 11.5 Å². The lowest BCUT2D eigenvalue weighted by atomic mass is 9.71. The number of methoxy groups -OCH3 is 2. The average molecular weight is 789 g/mol. The number of imide groups is 1. The number of nitrogens with zero attached hydrogens (tertiary/aromatic N) is 6. The van der Waals surface area contributed by atoms with Crippen LogP contribution in [0.3, 0.4) is 0 Å². The molecule has 1 spiro atoms. The van der Waals surface area contributed by atoms with Crippen LogP contribution in [0, 0.1) is 11.3 Å². The van der Waals surface area contributed by atoms with E-state index in [1.54, 1.807) is 36.8 Å². The number of likely N-dealkylation sites (tertiary alicyclic amines) is 2. The third-order valence-electron chi connectivity index (χ3n) is 13.5. The minimum atomic E-state index is -0.592. The van der Waals surface area contributed by atoms with Gasteiger partial charge in [0.1, 0.15) is 23.4 Å². The van der Waals surface area contributed by atoms with Crippen molar-refractivity contribution in [2.24, 2.45) is 18.4 Å². The molecule has 0 bridgehead atoms. The second kappa shape index (κ2) is 15.0. The molecule has 14 heteroatoms. The van der Waals surface area contributed by atoms with Gasteiger partial charge >= 0.3 is 0 Å². The van der Waals surface area contributed by atoms with Gasteiger partial charge in [0.05, 0.1) is 25.2 Å². The molecule has 58 heavy (non-hydrogen) atoms. The molecule has 5 aliphatic rings. The number of hydrogen-bond acceptors (Lipinski definition) is 11. The maximum absolute atomic E-state index is 13.4. The maximum atomic E-state index is 13.4. The molecule has 14 nitrogen and oxygen atoms in total. The van der Waals surface area contributed by atoms with E-state index in [4.69, 9.17) is 15.2 Å². The number of pyridine rings is 2. The van der Waals surface area contributed by atoms with Crippen molar-refractivity contribution in [1.82, 2.24) is 29.6 Å². The van der Waals surface area contributed by atoms with Crippen LogP contribution in [0.1, 0.15) is 60.0 Å². The molecule has 4 saturated heterocycles. The highest BCUT2D eigenvalue weighted by Crippen LogP contribution is 2.44. The first-order valence-corrected chi connectivity index (χ1v) is 20.5. The summed E-state index contributed by atoms with van der Waals surface area (Å²) in [6.07, 6.45) is 8.66. The molecule has 2 aromatic carbocycles. The Hall–Kier alpha value is -5.47. The van der Waals surface area contributed by atoms with Crippen LogP contribution < -0.4 is 31.0 Å². The number of carbonyl (C=O) groups excluding carboxylic acids is 3. The number of fused-ring (bicyclic) bond motifs is 2. The number of aryl methyl sites for hydroxylation is 1. The number of hydrogen-bond donors (Lipinski definition) is 2. The molecule has 9 rings (SSSR count). The highest BCUT2D eigenvalue weighted by molar-refractivity contribution is 6.05. The summed E-state index contributed by atoms with van der Waals surface area (Å²) >= 11 is 0. The highest BCUT2D eigenvalue weighted by Gasteiger charge is 2.46. The van der Waals surface area contributed by atoms with Gasteiger partial charge in [-0.2, -0.15) is 0 Å². The van der Waals surface area contributed by atoms with Gasteiger partial charge in [-0.3, -0.25) is 29.4 Å². The topological polar surface area (TPSA) is 156 Å². The Morgan fingerprint density at radius 2 is 1.60 bits per heavy atom. The van der Waals surface area contributed by atoms with Gasteiger partial charge in [0.15, 0.2) is 0 Å². The number of piperidine rings is 3. The van der Waals surface area contributed by atoms with Crippen LogP contribution in [0.4, 0.5) is 11.5 Å². The van der Waals surface area contributed by atoms with Crippen LogP contribution in [0.25, 0.3) is 21.9 Å². The fourth-order valence-corrected chi connectivity index (χ4v) is 10.0. The number of rotatable bonds is 9. The summed E-state index contributed by atoms with van der Waals surface area (Å²) in [5.74, 6) is 1.75. The Labute approximate surface area is 337 Å². The third kappa shape index (κ3) is 6.95. The van der Waals surface area contributed by atoms with Gasteiger partial charge in [-0.25, -0.2) is 4.98 Å². The number of carbonyl (C=O) groups is 3. The lowest BCUT2D eigenvalue weighted by Crippen LogP contribution is -2.60. The number of amides is 3. The van der Waals surface area contributed by atoms with E-state index in [0.29, 0.717) is 41.1 Å². The largest absolute Gasteiger partial charge is 0.496 e. The zero-order valence-electron chi connectivity index (χ0n) is 33.6. The number of nitrogen functional groups attached to an aromatic ring is 1. The molecular weight excluding hydrogens is 737 g/mol. The SMILES string of the molecule is COc1cc(-c2cn(C)c(=O)c3cnc(N)cc23)cc(OC)c1CN1CCC(CN2CCC3(CC2)CN(c2ccc4c(c2)C(=O)N(C2CCC(=O)NC2=O)C4)C3)CC1. The summed E-state index contributed by atoms with van der Waals surface area (Å²) in [4.78, 5) is 63.7. The van der Waals surface area contributed by atoms with Crippen molar-refractivity contribution in [1.29, 1.82) is 0 Å². The number of anilines is 2. The molecule has 1 unspecified atom stereocenters. The Kier molecular flexibility index (Phi) is 9.87. The number of nitrogens with two attached hydrogens (primary N) is 1. The molecule has 3 amide bonds. The number of ether oxygens (including phenoxy) is 2. The Morgan fingerprint density at radius 3 is 2.29 bits per heavy atom. The van der Waals surface area contributed by atoms with Gasteiger partial charge < -0.3 is 34.5 Å². The molecule has 0 radical (unpaired) electrons. The molecule has 2 aromatic heterocycles. The van der Waals surface area contributed by atoms with Crippen molar-refractivity contribution >= 4 is 40.0 Å². The van der Waals surface area contributed by atoms with Crippen LogP contribution in [0.2, 0.25) is 0 Å². The van der Waals surface area contributed by atoms with Crippen LogP contribution in [-0.4, -0.2) is 108 Å². The monoisotopic (exact) mass is 788 g/mol. The molecule has 0 saturated carbocycles. The van der Waals surface area contributed by atoms with E-state index in [9.17, 15) is 19.2 Å². The van der Waals surface area contributed by atoms with E-state index in [0.717, 1.165) is 110 Å². The van der Waals surface area contributed by atoms with Gasteiger partial charge in [-0.15, -0.1) is 0 Å². The third-order valence-corrected chi connectivity index (χ3v) is 13.5. The molecule has 1 atom stereocenters. The van der Waals surface area contributed by atoms with E-state index in [1.807, 2.05) is 30.5 Å². The molecule has 304 valence electrons. The standard InChI is InChI=1S/C44H52N8O6/c1-48-23-34(32-19-39(45)46-20-33(32)42(48)55)29-16-37(57-2)35(38(17-29)58-3)24-49-12-8-27(9-13-49)21-50-14-10-44(11-15-50)25-51(26-44)30-5-4-28-22-52(43(56)31(28)18-30)36-6-7-40(53)47-41(36)54/h4-5,16-20,23,27,36H,6-15,21-22,24-26H2,1-3H3,(H2,45,46)(H,47,53,54). The fourth-order valence-electron chi connectivity index (χ4n) is 10.0. The molecule has 0 aliphatic carbocycles. The predicted octanol–water partition coefficient (Wildman–Crippen LogP) is 3.78. The smallest absolute Gasteiger partial charge is 0.259 e.